The summed E-state index contributed by atoms with van der Waals surface area (Å²) in [4.78, 5) is 10.2. The normalized spacial score (nSPS) is 23.8. The second-order valence-corrected chi connectivity index (χ2v) is 2.45. The van der Waals surface area contributed by atoms with Crippen LogP contribution in [0.15, 0.2) is 0 Å². The Morgan fingerprint density at radius 2 is 2.27 bits per heavy atom. The summed E-state index contributed by atoms with van der Waals surface area (Å²) in [7, 11) is 0. The molecule has 1 rings (SSSR count). The van der Waals surface area contributed by atoms with E-state index in [2.05, 4.69) is 10.6 Å². The van der Waals surface area contributed by atoms with Gasteiger partial charge in [-0.25, -0.2) is 0 Å². The Morgan fingerprint density at radius 1 is 1.55 bits per heavy atom. The van der Waals surface area contributed by atoms with Crippen molar-refractivity contribution >= 4 is 35.5 Å². The fourth-order valence-electron chi connectivity index (χ4n) is 1.07. The Labute approximate surface area is 88.0 Å². The topological polar surface area (TPSA) is 61.4 Å². The molecule has 0 radical (unpaired) electrons. The van der Waals surface area contributed by atoms with Crippen molar-refractivity contribution < 1.29 is 9.90 Å². The van der Waals surface area contributed by atoms with Crippen LogP contribution in [0.1, 0.15) is 6.42 Å². The first-order valence-corrected chi connectivity index (χ1v) is 3.45. The molecule has 0 aliphatic carbocycles. The molecule has 0 saturated carbocycles. The fourth-order valence-corrected chi connectivity index (χ4v) is 1.07. The van der Waals surface area contributed by atoms with Crippen LogP contribution in [-0.2, 0) is 4.79 Å². The second kappa shape index (κ2) is 5.97. The van der Waals surface area contributed by atoms with E-state index in [1.807, 2.05) is 0 Å². The molecule has 1 atom stereocenters. The molecule has 11 heavy (non-hydrogen) atoms. The summed E-state index contributed by atoms with van der Waals surface area (Å²) in [5.41, 5.74) is 0. The van der Waals surface area contributed by atoms with E-state index in [0.29, 0.717) is 0 Å². The van der Waals surface area contributed by atoms with Crippen LogP contribution < -0.4 is 10.6 Å². The van der Waals surface area contributed by atoms with E-state index >= 15 is 0 Å². The van der Waals surface area contributed by atoms with Crippen LogP contribution in [0.5, 0.6) is 0 Å². The third kappa shape index (κ3) is 4.76. The van der Waals surface area contributed by atoms with Gasteiger partial charge in [-0.2, -0.15) is 0 Å². The standard InChI is InChI=1S/C6H12N2O2.Na.H/c9-6(10)3-5-4-7-1-2-8-5;;/h5,7-8H,1-4H2,(H,9,10);;. The predicted octanol–water partition coefficient (Wildman–Crippen LogP) is -1.63. The summed E-state index contributed by atoms with van der Waals surface area (Å²) < 4.78 is 0. The number of carbonyl (C=O) groups is 1. The first kappa shape index (κ1) is 11.4. The van der Waals surface area contributed by atoms with E-state index in [1.54, 1.807) is 0 Å². The maximum absolute atomic E-state index is 10.2. The van der Waals surface area contributed by atoms with Crippen molar-refractivity contribution in [3.8, 4) is 0 Å². The van der Waals surface area contributed by atoms with Crippen LogP contribution in [0.3, 0.4) is 0 Å². The molecule has 0 amide bonds. The Bertz CT molecular complexity index is 126. The molecule has 1 heterocycles. The van der Waals surface area contributed by atoms with Crippen molar-refractivity contribution in [2.45, 2.75) is 12.5 Å². The maximum atomic E-state index is 10.2. The van der Waals surface area contributed by atoms with E-state index < -0.39 is 5.97 Å². The van der Waals surface area contributed by atoms with Crippen LogP contribution in [0, 0.1) is 0 Å². The van der Waals surface area contributed by atoms with Gasteiger partial charge in [0.25, 0.3) is 0 Å². The van der Waals surface area contributed by atoms with Crippen molar-refractivity contribution in [3.05, 3.63) is 0 Å². The van der Waals surface area contributed by atoms with Gasteiger partial charge in [-0.1, -0.05) is 0 Å². The van der Waals surface area contributed by atoms with Gasteiger partial charge in [0.15, 0.2) is 0 Å². The Morgan fingerprint density at radius 3 is 2.73 bits per heavy atom. The SMILES string of the molecule is O=C(O)CC1CNCCN1.[NaH]. The molecule has 1 aliphatic heterocycles. The Kier molecular flexibility index (Phi) is 6.18. The number of rotatable bonds is 2. The number of nitrogens with one attached hydrogen (secondary N) is 2. The average Bonchev–Trinajstić information content (AvgIpc) is 1.88. The van der Waals surface area contributed by atoms with Gasteiger partial charge >= 0.3 is 35.5 Å². The van der Waals surface area contributed by atoms with Crippen LogP contribution in [0.25, 0.3) is 0 Å². The summed E-state index contributed by atoms with van der Waals surface area (Å²) >= 11 is 0. The number of carboxylic acids is 1. The number of hydrogen-bond acceptors (Lipinski definition) is 3. The summed E-state index contributed by atoms with van der Waals surface area (Å²) in [5, 5.41) is 14.6. The van der Waals surface area contributed by atoms with Gasteiger partial charge in [-0.15, -0.1) is 0 Å². The molecular weight excluding hydrogens is 155 g/mol. The van der Waals surface area contributed by atoms with Gasteiger partial charge in [-0.05, 0) is 0 Å². The molecule has 0 bridgehead atoms. The first-order chi connectivity index (χ1) is 4.79. The van der Waals surface area contributed by atoms with E-state index in [9.17, 15) is 4.79 Å². The van der Waals surface area contributed by atoms with Crippen LogP contribution in [0.4, 0.5) is 0 Å². The molecule has 0 aromatic carbocycles. The quantitative estimate of drug-likeness (QED) is 0.433. The molecule has 4 nitrogen and oxygen atoms in total. The molecule has 0 aromatic rings. The van der Waals surface area contributed by atoms with Crippen LogP contribution >= 0.6 is 0 Å². The van der Waals surface area contributed by atoms with Crippen molar-refractivity contribution in [2.75, 3.05) is 19.6 Å². The number of hydrogen-bond donors (Lipinski definition) is 3. The molecule has 1 saturated heterocycles. The van der Waals surface area contributed by atoms with Gasteiger partial charge in [0.2, 0.25) is 0 Å². The molecule has 1 aliphatic rings. The van der Waals surface area contributed by atoms with E-state index in [4.69, 9.17) is 5.11 Å². The van der Waals surface area contributed by atoms with E-state index in [1.165, 1.54) is 0 Å². The van der Waals surface area contributed by atoms with Gasteiger partial charge in [0.1, 0.15) is 0 Å². The minimum absolute atomic E-state index is 0. The van der Waals surface area contributed by atoms with Gasteiger partial charge in [0, 0.05) is 25.7 Å². The molecule has 0 spiro atoms. The Hall–Kier alpha value is 0.390. The fraction of sp³-hybridized carbons (Fsp3) is 0.833. The minimum atomic E-state index is -0.735. The van der Waals surface area contributed by atoms with Crippen molar-refractivity contribution in [3.63, 3.8) is 0 Å². The van der Waals surface area contributed by atoms with Gasteiger partial charge in [-0.3, -0.25) is 4.79 Å². The number of carboxylic acid groups (broad SMARTS) is 1. The molecule has 3 N–H and O–H groups in total. The third-order valence-corrected chi connectivity index (χ3v) is 1.55. The zero-order chi connectivity index (χ0) is 7.40. The summed E-state index contributed by atoms with van der Waals surface area (Å²) in [5.74, 6) is -0.735. The average molecular weight is 168 g/mol. The van der Waals surface area contributed by atoms with Crippen LogP contribution in [0.2, 0.25) is 0 Å². The predicted molar refractivity (Wildman–Crippen MR) is 44.1 cm³/mol. The second-order valence-electron chi connectivity index (χ2n) is 2.45. The third-order valence-electron chi connectivity index (χ3n) is 1.55. The molecule has 60 valence electrons. The summed E-state index contributed by atoms with van der Waals surface area (Å²) in [6.45, 7) is 2.58. The monoisotopic (exact) mass is 168 g/mol. The molecule has 1 unspecified atom stereocenters. The summed E-state index contributed by atoms with van der Waals surface area (Å²) in [6.07, 6.45) is 0.215. The molecule has 0 aromatic heterocycles. The zero-order valence-electron chi connectivity index (χ0n) is 5.76. The van der Waals surface area contributed by atoms with E-state index in [-0.39, 0.29) is 42.0 Å². The summed E-state index contributed by atoms with van der Waals surface area (Å²) in [6, 6.07) is 0.117. The van der Waals surface area contributed by atoms with Gasteiger partial charge < -0.3 is 15.7 Å². The van der Waals surface area contributed by atoms with Crippen LogP contribution in [-0.4, -0.2) is 66.3 Å². The number of piperazine rings is 1. The number of aliphatic carboxylic acids is 1. The Balaban J connectivity index is 0.000001000. The zero-order valence-corrected chi connectivity index (χ0v) is 5.76. The van der Waals surface area contributed by atoms with Crippen molar-refractivity contribution in [2.24, 2.45) is 0 Å². The van der Waals surface area contributed by atoms with Crippen molar-refractivity contribution in [1.29, 1.82) is 0 Å². The molecular formula is C6H13N2NaO2. The van der Waals surface area contributed by atoms with Crippen molar-refractivity contribution in [1.82, 2.24) is 10.6 Å². The first-order valence-electron chi connectivity index (χ1n) is 3.45. The van der Waals surface area contributed by atoms with Gasteiger partial charge in [0.05, 0.1) is 6.42 Å². The molecule has 5 heteroatoms. The van der Waals surface area contributed by atoms with E-state index in [0.717, 1.165) is 19.6 Å². The molecule has 1 fully saturated rings.